The fourth-order valence-electron chi connectivity index (χ4n) is 3.77. The molecule has 0 heterocycles. The first kappa shape index (κ1) is 31.9. The average molecular weight is 481 g/mol. The van der Waals surface area contributed by atoms with Crippen molar-refractivity contribution in [3.8, 4) is 0 Å². The molecule has 194 valence electrons. The minimum Gasteiger partial charge on any atom is -0.374 e. The van der Waals surface area contributed by atoms with Crippen LogP contribution in [0, 0.1) is 0 Å². The van der Waals surface area contributed by atoms with Crippen molar-refractivity contribution in [3.63, 3.8) is 0 Å². The van der Waals surface area contributed by atoms with Crippen LogP contribution in [0.25, 0.3) is 0 Å². The van der Waals surface area contributed by atoms with Gasteiger partial charge in [0.25, 0.3) is 5.41 Å². The van der Waals surface area contributed by atoms with Gasteiger partial charge in [-0.1, -0.05) is 72.6 Å². The van der Waals surface area contributed by atoms with E-state index in [4.69, 9.17) is 32.2 Å². The van der Waals surface area contributed by atoms with Crippen molar-refractivity contribution in [1.29, 1.82) is 0 Å². The second-order valence-electron chi connectivity index (χ2n) is 8.17. The van der Waals surface area contributed by atoms with E-state index in [1.807, 2.05) is 0 Å². The normalized spacial score (nSPS) is 16.1. The van der Waals surface area contributed by atoms with Gasteiger partial charge in [0.05, 0.1) is 6.61 Å². The number of ether oxygens (including phenoxy) is 4. The molecule has 0 saturated heterocycles. The molecule has 0 N–H and O–H groups in total. The molecule has 0 saturated carbocycles. The van der Waals surface area contributed by atoms with Gasteiger partial charge in [0.1, 0.15) is 6.10 Å². The molecular formula is C24H52O7Si. The Morgan fingerprint density at radius 1 is 0.656 bits per heavy atom. The van der Waals surface area contributed by atoms with Gasteiger partial charge in [0.15, 0.2) is 6.29 Å². The summed E-state index contributed by atoms with van der Waals surface area (Å²) in [6, 6.07) is 0. The van der Waals surface area contributed by atoms with E-state index in [-0.39, 0.29) is 0 Å². The first-order valence-electron chi connectivity index (χ1n) is 12.6. The standard InChI is InChI=1S/C24H52O7Si/c1-9-13-16-17-19-22(29-20-14-10-2)24(30-21-15-11-3,31-23(25-5)18-12-4)32(26-6,27-7)28-8/h22-23H,9-21H2,1-8H3. The van der Waals surface area contributed by atoms with Crippen molar-refractivity contribution in [2.75, 3.05) is 41.7 Å². The van der Waals surface area contributed by atoms with E-state index < -0.39 is 26.6 Å². The van der Waals surface area contributed by atoms with Crippen LogP contribution in [0.5, 0.6) is 0 Å². The van der Waals surface area contributed by atoms with Crippen LogP contribution in [0.3, 0.4) is 0 Å². The maximum Gasteiger partial charge on any atom is 0.566 e. The molecule has 8 heteroatoms. The molecule has 0 amide bonds. The Morgan fingerprint density at radius 3 is 1.75 bits per heavy atom. The van der Waals surface area contributed by atoms with E-state index in [9.17, 15) is 0 Å². The van der Waals surface area contributed by atoms with Crippen molar-refractivity contribution in [3.05, 3.63) is 0 Å². The summed E-state index contributed by atoms with van der Waals surface area (Å²) in [5.41, 5.74) is -1.32. The summed E-state index contributed by atoms with van der Waals surface area (Å²) in [5, 5.41) is 0. The average Bonchev–Trinajstić information content (AvgIpc) is 2.81. The summed E-state index contributed by atoms with van der Waals surface area (Å²) in [6.07, 6.45) is 9.88. The van der Waals surface area contributed by atoms with Crippen molar-refractivity contribution < 1.29 is 32.2 Å². The van der Waals surface area contributed by atoms with Gasteiger partial charge < -0.3 is 32.2 Å². The summed E-state index contributed by atoms with van der Waals surface area (Å²) < 4.78 is 43.4. The van der Waals surface area contributed by atoms with Gasteiger partial charge in [-0.2, -0.15) is 0 Å². The summed E-state index contributed by atoms with van der Waals surface area (Å²) in [4.78, 5) is 0. The predicted octanol–water partition coefficient (Wildman–Crippen LogP) is 5.86. The quantitative estimate of drug-likeness (QED) is 0.103. The fourth-order valence-corrected chi connectivity index (χ4v) is 6.30. The lowest BCUT2D eigenvalue weighted by atomic mass is 10.1. The molecule has 0 bridgehead atoms. The SMILES string of the molecule is CCCCCCC(OCCCC)C(OCCCC)(OC(CCC)OC)[Si](OC)(OC)OC. The molecule has 0 aromatic rings. The Hall–Kier alpha value is -0.0631. The van der Waals surface area contributed by atoms with E-state index in [0.29, 0.717) is 19.6 Å². The van der Waals surface area contributed by atoms with E-state index in [2.05, 4.69) is 27.7 Å². The molecule has 7 nitrogen and oxygen atoms in total. The summed E-state index contributed by atoms with van der Waals surface area (Å²) in [7, 11) is 2.96. The maximum absolute atomic E-state index is 6.68. The molecule has 0 aromatic carbocycles. The topological polar surface area (TPSA) is 64.6 Å². The Kier molecular flexibility index (Phi) is 19.2. The highest BCUT2D eigenvalue weighted by atomic mass is 28.4. The third-order valence-corrected chi connectivity index (χ3v) is 8.75. The number of hydrogen-bond donors (Lipinski definition) is 0. The van der Waals surface area contributed by atoms with Crippen LogP contribution in [0.4, 0.5) is 0 Å². The lowest BCUT2D eigenvalue weighted by molar-refractivity contribution is -0.326. The molecule has 32 heavy (non-hydrogen) atoms. The molecule has 3 atom stereocenters. The molecule has 0 aromatic heterocycles. The van der Waals surface area contributed by atoms with E-state index in [1.165, 1.54) is 12.8 Å². The highest BCUT2D eigenvalue weighted by Gasteiger charge is 2.68. The zero-order valence-electron chi connectivity index (χ0n) is 22.2. The number of rotatable bonds is 23. The maximum atomic E-state index is 6.68. The van der Waals surface area contributed by atoms with Crippen molar-refractivity contribution >= 4 is 8.80 Å². The number of unbranched alkanes of at least 4 members (excludes halogenated alkanes) is 5. The van der Waals surface area contributed by atoms with Crippen molar-refractivity contribution in [1.82, 2.24) is 0 Å². The lowest BCUT2D eigenvalue weighted by Crippen LogP contribution is -2.73. The summed E-state index contributed by atoms with van der Waals surface area (Å²) in [6.45, 7) is 9.71. The third-order valence-electron chi connectivity index (χ3n) is 5.70. The van der Waals surface area contributed by atoms with Gasteiger partial charge in [0, 0.05) is 35.0 Å². The van der Waals surface area contributed by atoms with Gasteiger partial charge in [-0.15, -0.1) is 0 Å². The van der Waals surface area contributed by atoms with Gasteiger partial charge in [0.2, 0.25) is 0 Å². The minimum absolute atomic E-state index is 0.399. The van der Waals surface area contributed by atoms with Crippen LogP contribution in [0.2, 0.25) is 0 Å². The Morgan fingerprint density at radius 2 is 1.25 bits per heavy atom. The summed E-state index contributed by atoms with van der Waals surface area (Å²) in [5.74, 6) is 0. The monoisotopic (exact) mass is 480 g/mol. The largest absolute Gasteiger partial charge is 0.566 e. The molecule has 0 fully saturated rings. The molecule has 3 unspecified atom stereocenters. The second kappa shape index (κ2) is 19.3. The van der Waals surface area contributed by atoms with E-state index >= 15 is 0 Å². The summed E-state index contributed by atoms with van der Waals surface area (Å²) >= 11 is 0. The Balaban J connectivity index is 6.37. The molecule has 0 aliphatic rings. The van der Waals surface area contributed by atoms with Crippen LogP contribution in [0.1, 0.15) is 98.3 Å². The van der Waals surface area contributed by atoms with Crippen LogP contribution >= 0.6 is 0 Å². The molecule has 0 aliphatic heterocycles. The molecular weight excluding hydrogens is 428 g/mol. The van der Waals surface area contributed by atoms with Crippen LogP contribution in [0.15, 0.2) is 0 Å². The molecule has 0 radical (unpaired) electrons. The second-order valence-corrected chi connectivity index (χ2v) is 11.2. The van der Waals surface area contributed by atoms with E-state index in [1.54, 1.807) is 28.4 Å². The highest BCUT2D eigenvalue weighted by Crippen LogP contribution is 2.38. The minimum atomic E-state index is -3.50. The van der Waals surface area contributed by atoms with Crippen LogP contribution in [-0.4, -0.2) is 68.3 Å². The molecule has 0 spiro atoms. The third kappa shape index (κ3) is 9.66. The van der Waals surface area contributed by atoms with Crippen molar-refractivity contribution in [2.24, 2.45) is 0 Å². The fraction of sp³-hybridized carbons (Fsp3) is 1.00. The molecule has 0 aliphatic carbocycles. The first-order valence-corrected chi connectivity index (χ1v) is 14.3. The predicted molar refractivity (Wildman–Crippen MR) is 131 cm³/mol. The smallest absolute Gasteiger partial charge is 0.374 e. The lowest BCUT2D eigenvalue weighted by Gasteiger charge is -2.47. The Labute approximate surface area is 199 Å². The van der Waals surface area contributed by atoms with Crippen LogP contribution in [-0.2, 0) is 32.2 Å². The number of hydrogen-bond acceptors (Lipinski definition) is 7. The van der Waals surface area contributed by atoms with Gasteiger partial charge in [-0.3, -0.25) is 0 Å². The zero-order chi connectivity index (χ0) is 24.3. The van der Waals surface area contributed by atoms with E-state index in [0.717, 1.165) is 51.4 Å². The van der Waals surface area contributed by atoms with Gasteiger partial charge in [-0.25, -0.2) is 0 Å². The van der Waals surface area contributed by atoms with Gasteiger partial charge in [-0.05, 0) is 25.7 Å². The number of methoxy groups -OCH3 is 1. The highest BCUT2D eigenvalue weighted by molar-refractivity contribution is 6.63. The molecule has 0 rings (SSSR count). The van der Waals surface area contributed by atoms with Crippen molar-refractivity contribution in [2.45, 2.75) is 116 Å². The van der Waals surface area contributed by atoms with Gasteiger partial charge >= 0.3 is 8.80 Å². The van der Waals surface area contributed by atoms with Crippen LogP contribution < -0.4 is 0 Å². The Bertz CT molecular complexity index is 415. The first-order chi connectivity index (χ1) is 15.5. The zero-order valence-corrected chi connectivity index (χ0v) is 23.2.